The molecule has 0 saturated carbocycles. The molecule has 2 fully saturated rings. The molecule has 0 unspecified atom stereocenters. The highest BCUT2D eigenvalue weighted by atomic mass is 15.2. The van der Waals surface area contributed by atoms with Crippen LogP contribution < -0.4 is 10.6 Å². The summed E-state index contributed by atoms with van der Waals surface area (Å²) in [5.74, 6) is 0.843. The van der Waals surface area contributed by atoms with Gasteiger partial charge in [-0.05, 0) is 62.9 Å². The summed E-state index contributed by atoms with van der Waals surface area (Å²) >= 11 is 0. The molecule has 0 amide bonds. The number of hydrogen-bond acceptors (Lipinski definition) is 4. The lowest BCUT2D eigenvalue weighted by Crippen LogP contribution is -2.38. The van der Waals surface area contributed by atoms with Crippen molar-refractivity contribution >= 4 is 11.4 Å². The number of anilines is 2. The molecule has 2 aliphatic heterocycles. The van der Waals surface area contributed by atoms with Gasteiger partial charge in [0.15, 0.2) is 0 Å². The number of nitrogens with two attached hydrogens (primary N) is 1. The lowest BCUT2D eigenvalue weighted by Gasteiger charge is -2.35. The predicted octanol–water partition coefficient (Wildman–Crippen LogP) is 2.45. The summed E-state index contributed by atoms with van der Waals surface area (Å²) < 4.78 is 0. The Bertz CT molecular complexity index is 520. The molecule has 0 spiro atoms. The fourth-order valence-electron chi connectivity index (χ4n) is 3.55. The van der Waals surface area contributed by atoms with E-state index in [1.54, 1.807) is 0 Å². The second kappa shape index (κ2) is 6.36. The zero-order chi connectivity index (χ0) is 14.7. The zero-order valence-corrected chi connectivity index (χ0v) is 12.6. The molecule has 0 radical (unpaired) electrons. The van der Waals surface area contributed by atoms with Gasteiger partial charge in [-0.15, -0.1) is 0 Å². The van der Waals surface area contributed by atoms with E-state index in [4.69, 9.17) is 11.0 Å². The summed E-state index contributed by atoms with van der Waals surface area (Å²) in [6.07, 6.45) is 5.28. The van der Waals surface area contributed by atoms with Crippen molar-refractivity contribution in [2.45, 2.75) is 25.7 Å². The summed E-state index contributed by atoms with van der Waals surface area (Å²) in [4.78, 5) is 5.03. The molecule has 0 aliphatic carbocycles. The van der Waals surface area contributed by atoms with Gasteiger partial charge in [0.2, 0.25) is 0 Å². The van der Waals surface area contributed by atoms with Gasteiger partial charge in [-0.25, -0.2) is 0 Å². The molecule has 1 aromatic rings. The van der Waals surface area contributed by atoms with Crippen molar-refractivity contribution < 1.29 is 0 Å². The van der Waals surface area contributed by atoms with Crippen LogP contribution in [0, 0.1) is 17.2 Å². The van der Waals surface area contributed by atoms with Crippen molar-refractivity contribution in [3.63, 3.8) is 0 Å². The molecule has 2 N–H and O–H groups in total. The Hall–Kier alpha value is -1.73. The molecule has 112 valence electrons. The fourth-order valence-corrected chi connectivity index (χ4v) is 3.55. The molecule has 4 nitrogen and oxygen atoms in total. The number of nitrogen functional groups attached to an aromatic ring is 1. The normalized spacial score (nSPS) is 20.6. The molecule has 4 heteroatoms. The van der Waals surface area contributed by atoms with Crippen LogP contribution in [0.5, 0.6) is 0 Å². The highest BCUT2D eigenvalue weighted by Gasteiger charge is 2.23. The third-order valence-corrected chi connectivity index (χ3v) is 4.85. The van der Waals surface area contributed by atoms with Gasteiger partial charge in [-0.2, -0.15) is 5.26 Å². The van der Waals surface area contributed by atoms with Crippen LogP contribution in [-0.2, 0) is 0 Å². The first kappa shape index (κ1) is 14.2. The third kappa shape index (κ3) is 3.30. The van der Waals surface area contributed by atoms with Crippen molar-refractivity contribution in [2.75, 3.05) is 43.4 Å². The van der Waals surface area contributed by atoms with Crippen LogP contribution in [0.4, 0.5) is 11.4 Å². The average molecular weight is 284 g/mol. The van der Waals surface area contributed by atoms with Gasteiger partial charge in [0, 0.05) is 25.3 Å². The van der Waals surface area contributed by atoms with Crippen LogP contribution in [0.15, 0.2) is 18.2 Å². The quantitative estimate of drug-likeness (QED) is 0.866. The number of hydrogen-bond donors (Lipinski definition) is 1. The highest BCUT2D eigenvalue weighted by molar-refractivity contribution is 5.63. The molecule has 21 heavy (non-hydrogen) atoms. The van der Waals surface area contributed by atoms with Gasteiger partial charge in [0.05, 0.1) is 11.3 Å². The third-order valence-electron chi connectivity index (χ3n) is 4.85. The number of benzene rings is 1. The maximum Gasteiger partial charge on any atom is 0.101 e. The van der Waals surface area contributed by atoms with Crippen molar-refractivity contribution in [3.8, 4) is 6.07 Å². The summed E-state index contributed by atoms with van der Waals surface area (Å²) in [5, 5.41) is 8.94. The summed E-state index contributed by atoms with van der Waals surface area (Å²) in [7, 11) is 0. The van der Waals surface area contributed by atoms with E-state index in [0.717, 1.165) is 24.7 Å². The van der Waals surface area contributed by atoms with Crippen LogP contribution in [0.25, 0.3) is 0 Å². The second-order valence-electron chi connectivity index (χ2n) is 6.32. The van der Waals surface area contributed by atoms with E-state index < -0.39 is 0 Å². The lowest BCUT2D eigenvalue weighted by molar-refractivity contribution is 0.249. The molecule has 0 bridgehead atoms. The molecule has 1 aromatic carbocycles. The molecule has 2 heterocycles. The Balaban J connectivity index is 1.55. The second-order valence-corrected chi connectivity index (χ2v) is 6.32. The van der Waals surface area contributed by atoms with Crippen molar-refractivity contribution in [1.29, 1.82) is 5.26 Å². The number of rotatable bonds is 3. The monoisotopic (exact) mass is 284 g/mol. The van der Waals surface area contributed by atoms with Crippen LogP contribution in [0.1, 0.15) is 31.2 Å². The first-order valence-electron chi connectivity index (χ1n) is 8.03. The molecule has 0 atom stereocenters. The Morgan fingerprint density at radius 2 is 1.86 bits per heavy atom. The molecule has 2 aliphatic rings. The van der Waals surface area contributed by atoms with Gasteiger partial charge < -0.3 is 15.5 Å². The maximum absolute atomic E-state index is 8.94. The number of piperidine rings is 1. The summed E-state index contributed by atoms with van der Waals surface area (Å²) in [5.41, 5.74) is 8.24. The smallest absolute Gasteiger partial charge is 0.101 e. The molecule has 0 aromatic heterocycles. The Labute approximate surface area is 127 Å². The standard InChI is InChI=1S/C17H24N4/c18-12-15-3-4-16(11-17(15)19)21-9-5-14(6-10-21)13-20-7-1-2-8-20/h3-4,11,14H,1-2,5-10,13,19H2. The minimum Gasteiger partial charge on any atom is -0.398 e. The fraction of sp³-hybridized carbons (Fsp3) is 0.588. The van der Waals surface area contributed by atoms with Crippen molar-refractivity contribution in [1.82, 2.24) is 4.90 Å². The van der Waals surface area contributed by atoms with E-state index in [1.807, 2.05) is 18.2 Å². The number of nitrogens with zero attached hydrogens (tertiary/aromatic N) is 3. The van der Waals surface area contributed by atoms with Crippen LogP contribution in [0.3, 0.4) is 0 Å². The zero-order valence-electron chi connectivity index (χ0n) is 12.6. The van der Waals surface area contributed by atoms with Gasteiger partial charge in [-0.3, -0.25) is 0 Å². The van der Waals surface area contributed by atoms with E-state index in [2.05, 4.69) is 15.9 Å². The van der Waals surface area contributed by atoms with Gasteiger partial charge >= 0.3 is 0 Å². The Morgan fingerprint density at radius 3 is 2.48 bits per heavy atom. The first-order valence-corrected chi connectivity index (χ1v) is 8.03. The Morgan fingerprint density at radius 1 is 1.14 bits per heavy atom. The van der Waals surface area contributed by atoms with E-state index >= 15 is 0 Å². The SMILES string of the molecule is N#Cc1ccc(N2CCC(CN3CCCC3)CC2)cc1N. The molecular formula is C17H24N4. The molecular weight excluding hydrogens is 260 g/mol. The van der Waals surface area contributed by atoms with E-state index in [1.165, 1.54) is 45.3 Å². The van der Waals surface area contributed by atoms with Gasteiger partial charge in [0.1, 0.15) is 6.07 Å². The number of nitriles is 1. The van der Waals surface area contributed by atoms with E-state index in [-0.39, 0.29) is 0 Å². The van der Waals surface area contributed by atoms with Gasteiger partial charge in [0.25, 0.3) is 0 Å². The van der Waals surface area contributed by atoms with E-state index in [9.17, 15) is 0 Å². The molecule has 2 saturated heterocycles. The first-order chi connectivity index (χ1) is 10.3. The van der Waals surface area contributed by atoms with Crippen LogP contribution in [-0.4, -0.2) is 37.6 Å². The highest BCUT2D eigenvalue weighted by Crippen LogP contribution is 2.27. The number of likely N-dealkylation sites (tertiary alicyclic amines) is 1. The van der Waals surface area contributed by atoms with E-state index in [0.29, 0.717) is 11.3 Å². The minimum atomic E-state index is 0.572. The summed E-state index contributed by atoms with van der Waals surface area (Å²) in [6.45, 7) is 6.08. The van der Waals surface area contributed by atoms with Crippen molar-refractivity contribution in [2.24, 2.45) is 5.92 Å². The van der Waals surface area contributed by atoms with Crippen LogP contribution in [0.2, 0.25) is 0 Å². The topological polar surface area (TPSA) is 56.3 Å². The van der Waals surface area contributed by atoms with Crippen LogP contribution >= 0.6 is 0 Å². The van der Waals surface area contributed by atoms with Crippen molar-refractivity contribution in [3.05, 3.63) is 23.8 Å². The van der Waals surface area contributed by atoms with Gasteiger partial charge in [-0.1, -0.05) is 0 Å². The summed E-state index contributed by atoms with van der Waals surface area (Å²) in [6, 6.07) is 7.93. The predicted molar refractivity (Wildman–Crippen MR) is 86.2 cm³/mol. The minimum absolute atomic E-state index is 0.572. The lowest BCUT2D eigenvalue weighted by atomic mass is 9.95. The largest absolute Gasteiger partial charge is 0.398 e. The molecule has 3 rings (SSSR count). The Kier molecular flexibility index (Phi) is 4.31. The average Bonchev–Trinajstić information content (AvgIpc) is 3.01. The maximum atomic E-state index is 8.94.